The molecule has 0 unspecified atom stereocenters. The molecule has 2 aromatic rings. The number of rotatable bonds is 5. The number of fused-ring (bicyclic) bond motifs is 1. The highest BCUT2D eigenvalue weighted by Gasteiger charge is 2.16. The molecule has 0 atom stereocenters. The average molecular weight is 290 g/mol. The van der Waals surface area contributed by atoms with Gasteiger partial charge >= 0.3 is 0 Å². The van der Waals surface area contributed by atoms with Gasteiger partial charge in [0.25, 0.3) is 5.91 Å². The SMILES string of the molecule is CCCCCNC(=O)c1cn(C(C)=O)c2cc(F)ccc12. The van der Waals surface area contributed by atoms with Gasteiger partial charge in [0.15, 0.2) is 0 Å². The molecule has 0 saturated heterocycles. The number of unbranched alkanes of at least 4 members (excludes halogenated alkanes) is 2. The van der Waals surface area contributed by atoms with E-state index in [4.69, 9.17) is 0 Å². The molecule has 0 spiro atoms. The quantitative estimate of drug-likeness (QED) is 0.858. The lowest BCUT2D eigenvalue weighted by Crippen LogP contribution is -2.24. The molecule has 1 aromatic heterocycles. The molecule has 0 bridgehead atoms. The zero-order valence-corrected chi connectivity index (χ0v) is 12.3. The summed E-state index contributed by atoms with van der Waals surface area (Å²) in [5.41, 5.74) is 0.818. The molecule has 5 heteroatoms. The molecule has 21 heavy (non-hydrogen) atoms. The number of nitrogens with zero attached hydrogens (tertiary/aromatic N) is 1. The van der Waals surface area contributed by atoms with E-state index < -0.39 is 5.82 Å². The standard InChI is InChI=1S/C16H19FN2O2/c1-3-4-5-8-18-16(21)14-10-19(11(2)20)15-9-12(17)6-7-13(14)15/h6-7,9-10H,3-5,8H2,1-2H3,(H,18,21). The van der Waals surface area contributed by atoms with Gasteiger partial charge < -0.3 is 5.32 Å². The van der Waals surface area contributed by atoms with Crippen LogP contribution in [0.1, 0.15) is 48.3 Å². The van der Waals surface area contributed by atoms with Crippen molar-refractivity contribution >= 4 is 22.7 Å². The van der Waals surface area contributed by atoms with Crippen LogP contribution < -0.4 is 5.32 Å². The molecule has 112 valence electrons. The third kappa shape index (κ3) is 3.29. The minimum absolute atomic E-state index is 0.234. The van der Waals surface area contributed by atoms with Crippen LogP contribution in [0.5, 0.6) is 0 Å². The van der Waals surface area contributed by atoms with Gasteiger partial charge in [0.1, 0.15) is 5.82 Å². The van der Waals surface area contributed by atoms with E-state index in [2.05, 4.69) is 12.2 Å². The van der Waals surface area contributed by atoms with E-state index in [9.17, 15) is 14.0 Å². The lowest BCUT2D eigenvalue weighted by Gasteiger charge is -2.03. The number of amides is 1. The van der Waals surface area contributed by atoms with Crippen molar-refractivity contribution in [2.45, 2.75) is 33.1 Å². The first-order chi connectivity index (χ1) is 10.0. The maximum absolute atomic E-state index is 13.4. The lowest BCUT2D eigenvalue weighted by atomic mass is 10.1. The number of halogens is 1. The van der Waals surface area contributed by atoms with Gasteiger partial charge in [-0.25, -0.2) is 4.39 Å². The second-order valence-electron chi connectivity index (χ2n) is 5.06. The summed E-state index contributed by atoms with van der Waals surface area (Å²) >= 11 is 0. The Kier molecular flexibility index (Phi) is 4.73. The van der Waals surface area contributed by atoms with Crippen LogP contribution >= 0.6 is 0 Å². The first kappa shape index (κ1) is 15.2. The highest BCUT2D eigenvalue weighted by molar-refractivity contribution is 6.09. The predicted molar refractivity (Wildman–Crippen MR) is 80.1 cm³/mol. The van der Waals surface area contributed by atoms with Crippen molar-refractivity contribution in [1.82, 2.24) is 9.88 Å². The van der Waals surface area contributed by atoms with Crippen molar-refractivity contribution in [3.8, 4) is 0 Å². The van der Waals surface area contributed by atoms with Crippen LogP contribution in [0.3, 0.4) is 0 Å². The molecular weight excluding hydrogens is 271 g/mol. The van der Waals surface area contributed by atoms with Crippen molar-refractivity contribution in [3.63, 3.8) is 0 Å². The Balaban J connectivity index is 2.31. The van der Waals surface area contributed by atoms with E-state index in [1.807, 2.05) is 0 Å². The Morgan fingerprint density at radius 1 is 1.29 bits per heavy atom. The summed E-state index contributed by atoms with van der Waals surface area (Å²) in [6, 6.07) is 4.09. The molecule has 0 aliphatic rings. The zero-order chi connectivity index (χ0) is 15.4. The van der Waals surface area contributed by atoms with Gasteiger partial charge in [-0.1, -0.05) is 19.8 Å². The van der Waals surface area contributed by atoms with Crippen LogP contribution in [0.15, 0.2) is 24.4 Å². The smallest absolute Gasteiger partial charge is 0.253 e. The minimum atomic E-state index is -0.432. The fourth-order valence-corrected chi connectivity index (χ4v) is 2.31. The summed E-state index contributed by atoms with van der Waals surface area (Å²) in [6.45, 7) is 4.07. The molecule has 4 nitrogen and oxygen atoms in total. The molecule has 0 aliphatic heterocycles. The number of nitrogens with one attached hydrogen (secondary N) is 1. The first-order valence-electron chi connectivity index (χ1n) is 7.14. The predicted octanol–water partition coefficient (Wildman–Crippen LogP) is 3.36. The topological polar surface area (TPSA) is 51.1 Å². The molecule has 1 N–H and O–H groups in total. The molecule has 0 saturated carbocycles. The van der Waals surface area contributed by atoms with Crippen molar-refractivity contribution in [3.05, 3.63) is 35.8 Å². The van der Waals surface area contributed by atoms with E-state index in [-0.39, 0.29) is 11.8 Å². The highest BCUT2D eigenvalue weighted by Crippen LogP contribution is 2.22. The van der Waals surface area contributed by atoms with Crippen LogP contribution in [-0.4, -0.2) is 22.9 Å². The van der Waals surface area contributed by atoms with E-state index in [0.29, 0.717) is 23.0 Å². The molecule has 2 rings (SSSR count). The monoisotopic (exact) mass is 290 g/mol. The molecule has 0 aliphatic carbocycles. The summed E-state index contributed by atoms with van der Waals surface area (Å²) in [6.07, 6.45) is 4.53. The van der Waals surface area contributed by atoms with E-state index >= 15 is 0 Å². The van der Waals surface area contributed by atoms with Crippen LogP contribution in [0.4, 0.5) is 4.39 Å². The summed E-state index contributed by atoms with van der Waals surface area (Å²) < 4.78 is 14.7. The number of aromatic nitrogens is 1. The van der Waals surface area contributed by atoms with E-state index in [1.54, 1.807) is 0 Å². The largest absolute Gasteiger partial charge is 0.352 e. The maximum Gasteiger partial charge on any atom is 0.253 e. The number of benzene rings is 1. The van der Waals surface area contributed by atoms with Crippen molar-refractivity contribution < 1.29 is 14.0 Å². The van der Waals surface area contributed by atoms with Gasteiger partial charge in [-0.15, -0.1) is 0 Å². The van der Waals surface area contributed by atoms with Crippen molar-refractivity contribution in [2.75, 3.05) is 6.54 Å². The second-order valence-corrected chi connectivity index (χ2v) is 5.06. The van der Waals surface area contributed by atoms with Crippen LogP contribution in [0.2, 0.25) is 0 Å². The van der Waals surface area contributed by atoms with Gasteiger partial charge in [-0.05, 0) is 24.6 Å². The van der Waals surface area contributed by atoms with Gasteiger partial charge in [-0.3, -0.25) is 14.2 Å². The Bertz CT molecular complexity index is 676. The van der Waals surface area contributed by atoms with Crippen molar-refractivity contribution in [2.24, 2.45) is 0 Å². The summed E-state index contributed by atoms with van der Waals surface area (Å²) in [7, 11) is 0. The Morgan fingerprint density at radius 2 is 2.05 bits per heavy atom. The normalized spacial score (nSPS) is 10.8. The second kappa shape index (κ2) is 6.52. The molecule has 1 amide bonds. The molecular formula is C16H19FN2O2. The van der Waals surface area contributed by atoms with Crippen molar-refractivity contribution in [1.29, 1.82) is 0 Å². The number of hydrogen-bond acceptors (Lipinski definition) is 2. The van der Waals surface area contributed by atoms with Gasteiger partial charge in [0.2, 0.25) is 5.91 Å². The number of carbonyl (C=O) groups excluding carboxylic acids is 2. The van der Waals surface area contributed by atoms with E-state index in [1.165, 1.54) is 35.9 Å². The summed E-state index contributed by atoms with van der Waals surface area (Å²) in [5.74, 6) is -0.920. The Morgan fingerprint density at radius 3 is 2.71 bits per heavy atom. The third-order valence-electron chi connectivity index (χ3n) is 3.42. The van der Waals surface area contributed by atoms with Crippen LogP contribution in [0, 0.1) is 5.82 Å². The Labute approximate surface area is 122 Å². The molecule has 1 aromatic carbocycles. The number of carbonyl (C=O) groups is 2. The maximum atomic E-state index is 13.4. The first-order valence-corrected chi connectivity index (χ1v) is 7.14. The van der Waals surface area contributed by atoms with Gasteiger partial charge in [0, 0.05) is 25.1 Å². The average Bonchev–Trinajstić information content (AvgIpc) is 2.82. The minimum Gasteiger partial charge on any atom is -0.352 e. The Hall–Kier alpha value is -2.17. The molecule has 0 radical (unpaired) electrons. The highest BCUT2D eigenvalue weighted by atomic mass is 19.1. The summed E-state index contributed by atoms with van der Waals surface area (Å²) in [5, 5.41) is 3.42. The van der Waals surface area contributed by atoms with Crippen LogP contribution in [0.25, 0.3) is 10.9 Å². The van der Waals surface area contributed by atoms with Gasteiger partial charge in [-0.2, -0.15) is 0 Å². The van der Waals surface area contributed by atoms with Crippen LogP contribution in [-0.2, 0) is 0 Å². The third-order valence-corrected chi connectivity index (χ3v) is 3.42. The summed E-state index contributed by atoms with van der Waals surface area (Å²) in [4.78, 5) is 23.8. The fraction of sp³-hybridized carbons (Fsp3) is 0.375. The van der Waals surface area contributed by atoms with E-state index in [0.717, 1.165) is 19.3 Å². The fourth-order valence-electron chi connectivity index (χ4n) is 2.31. The molecule has 0 fully saturated rings. The molecule has 1 heterocycles. The number of hydrogen-bond donors (Lipinski definition) is 1. The lowest BCUT2D eigenvalue weighted by molar-refractivity contribution is 0.0941. The zero-order valence-electron chi connectivity index (χ0n) is 12.3. The van der Waals surface area contributed by atoms with Gasteiger partial charge in [0.05, 0.1) is 11.1 Å².